The van der Waals surface area contributed by atoms with Gasteiger partial charge in [0.2, 0.25) is 0 Å². The Kier molecular flexibility index (Phi) is 3.07. The molecular weight excluding hydrogens is 248 g/mol. The Hall–Kier alpha value is -1.59. The Labute approximate surface area is 101 Å². The molecule has 1 aromatic carbocycles. The molecule has 0 radical (unpaired) electrons. The number of carbonyl (C=O) groups is 1. The monoisotopic (exact) mass is 254 g/mol. The van der Waals surface area contributed by atoms with Crippen LogP contribution in [0.2, 0.25) is 5.02 Å². The fourth-order valence-corrected chi connectivity index (χ4v) is 1.99. The Bertz CT molecular complexity index is 527. The molecule has 4 nitrogen and oxygen atoms in total. The first-order valence-corrected chi connectivity index (χ1v) is 5.56. The van der Waals surface area contributed by atoms with E-state index in [1.54, 1.807) is 18.2 Å². The Morgan fingerprint density at radius 2 is 2.31 bits per heavy atom. The number of anilines is 2. The maximum Gasteiger partial charge on any atom is 0.347 e. The van der Waals surface area contributed by atoms with Crippen LogP contribution in [0.1, 0.15) is 9.67 Å². The summed E-state index contributed by atoms with van der Waals surface area (Å²) in [6.45, 7) is 0. The van der Waals surface area contributed by atoms with E-state index in [1.165, 1.54) is 6.20 Å². The largest absolute Gasteiger partial charge is 0.477 e. The van der Waals surface area contributed by atoms with Crippen molar-refractivity contribution in [2.75, 3.05) is 5.32 Å². The molecular formula is C10H7ClN2O2S. The lowest BCUT2D eigenvalue weighted by atomic mass is 10.3. The van der Waals surface area contributed by atoms with Crippen LogP contribution in [0.25, 0.3) is 0 Å². The topological polar surface area (TPSA) is 62.2 Å². The van der Waals surface area contributed by atoms with Gasteiger partial charge in [0.25, 0.3) is 0 Å². The van der Waals surface area contributed by atoms with Crippen molar-refractivity contribution >= 4 is 39.7 Å². The van der Waals surface area contributed by atoms with Crippen molar-refractivity contribution in [1.82, 2.24) is 4.98 Å². The van der Waals surface area contributed by atoms with E-state index in [0.717, 1.165) is 17.0 Å². The fourth-order valence-electron chi connectivity index (χ4n) is 1.12. The molecule has 16 heavy (non-hydrogen) atoms. The summed E-state index contributed by atoms with van der Waals surface area (Å²) in [5.41, 5.74) is 0.777. The number of hydrogen-bond donors (Lipinski definition) is 2. The summed E-state index contributed by atoms with van der Waals surface area (Å²) >= 11 is 6.89. The Morgan fingerprint density at radius 3 is 2.94 bits per heavy atom. The third-order valence-corrected chi connectivity index (χ3v) is 2.93. The molecule has 0 amide bonds. The first-order valence-electron chi connectivity index (χ1n) is 4.37. The minimum atomic E-state index is -0.975. The molecule has 2 rings (SSSR count). The van der Waals surface area contributed by atoms with Crippen LogP contribution in [0.15, 0.2) is 30.5 Å². The highest BCUT2D eigenvalue weighted by Crippen LogP contribution is 2.24. The van der Waals surface area contributed by atoms with Gasteiger partial charge in [0, 0.05) is 10.7 Å². The van der Waals surface area contributed by atoms with Crippen LogP contribution in [-0.4, -0.2) is 16.1 Å². The maximum absolute atomic E-state index is 10.6. The summed E-state index contributed by atoms with van der Waals surface area (Å²) < 4.78 is 0. The standard InChI is InChI=1S/C10H7ClN2O2S/c11-6-2-1-3-7(4-6)13-10-12-5-8(16-10)9(14)15/h1-5H,(H,12,13)(H,14,15). The van der Waals surface area contributed by atoms with Crippen LogP contribution in [-0.2, 0) is 0 Å². The van der Waals surface area contributed by atoms with Crippen molar-refractivity contribution in [3.05, 3.63) is 40.4 Å². The molecule has 0 bridgehead atoms. The van der Waals surface area contributed by atoms with Gasteiger partial charge in [-0.1, -0.05) is 29.0 Å². The molecule has 0 fully saturated rings. The third-order valence-electron chi connectivity index (χ3n) is 1.79. The Morgan fingerprint density at radius 1 is 1.50 bits per heavy atom. The molecule has 0 aliphatic rings. The minimum Gasteiger partial charge on any atom is -0.477 e. The molecule has 0 unspecified atom stereocenters. The first kappa shape index (κ1) is 10.9. The molecule has 6 heteroatoms. The number of benzene rings is 1. The Balaban J connectivity index is 2.17. The molecule has 2 N–H and O–H groups in total. The molecule has 0 aliphatic heterocycles. The van der Waals surface area contributed by atoms with E-state index >= 15 is 0 Å². The number of thiazole rings is 1. The van der Waals surface area contributed by atoms with E-state index in [-0.39, 0.29) is 4.88 Å². The van der Waals surface area contributed by atoms with E-state index < -0.39 is 5.97 Å². The number of nitrogens with zero attached hydrogens (tertiary/aromatic N) is 1. The van der Waals surface area contributed by atoms with Crippen molar-refractivity contribution in [3.8, 4) is 0 Å². The van der Waals surface area contributed by atoms with Crippen molar-refractivity contribution in [3.63, 3.8) is 0 Å². The summed E-state index contributed by atoms with van der Waals surface area (Å²) in [6.07, 6.45) is 1.32. The lowest BCUT2D eigenvalue weighted by Crippen LogP contribution is -1.90. The minimum absolute atomic E-state index is 0.199. The highest BCUT2D eigenvalue weighted by atomic mass is 35.5. The van der Waals surface area contributed by atoms with Crippen LogP contribution >= 0.6 is 22.9 Å². The van der Waals surface area contributed by atoms with Crippen LogP contribution in [0.4, 0.5) is 10.8 Å². The normalized spacial score (nSPS) is 10.1. The van der Waals surface area contributed by atoms with Gasteiger partial charge in [0.15, 0.2) is 5.13 Å². The van der Waals surface area contributed by atoms with Crippen molar-refractivity contribution in [1.29, 1.82) is 0 Å². The zero-order valence-corrected chi connectivity index (χ0v) is 9.55. The van der Waals surface area contributed by atoms with Gasteiger partial charge in [-0.05, 0) is 18.2 Å². The van der Waals surface area contributed by atoms with E-state index in [2.05, 4.69) is 10.3 Å². The fraction of sp³-hybridized carbons (Fsp3) is 0. The lowest BCUT2D eigenvalue weighted by Gasteiger charge is -2.01. The van der Waals surface area contributed by atoms with E-state index in [0.29, 0.717) is 10.2 Å². The molecule has 0 aliphatic carbocycles. The molecule has 82 valence electrons. The molecule has 1 heterocycles. The summed E-state index contributed by atoms with van der Waals surface area (Å²) in [4.78, 5) is 14.8. The van der Waals surface area contributed by atoms with Crippen molar-refractivity contribution < 1.29 is 9.90 Å². The highest BCUT2D eigenvalue weighted by Gasteiger charge is 2.08. The molecule has 0 saturated heterocycles. The smallest absolute Gasteiger partial charge is 0.347 e. The predicted molar refractivity (Wildman–Crippen MR) is 63.8 cm³/mol. The second-order valence-electron chi connectivity index (χ2n) is 2.97. The summed E-state index contributed by atoms with van der Waals surface area (Å²) in [5.74, 6) is -0.975. The van der Waals surface area contributed by atoms with Crippen molar-refractivity contribution in [2.24, 2.45) is 0 Å². The van der Waals surface area contributed by atoms with E-state index in [4.69, 9.17) is 16.7 Å². The van der Waals surface area contributed by atoms with Gasteiger partial charge in [-0.15, -0.1) is 0 Å². The number of rotatable bonds is 3. The van der Waals surface area contributed by atoms with Crippen LogP contribution in [0.3, 0.4) is 0 Å². The van der Waals surface area contributed by atoms with Gasteiger partial charge in [-0.3, -0.25) is 0 Å². The maximum atomic E-state index is 10.6. The van der Waals surface area contributed by atoms with E-state index in [1.807, 2.05) is 6.07 Å². The molecule has 1 aromatic heterocycles. The SMILES string of the molecule is O=C(O)c1cnc(Nc2cccc(Cl)c2)s1. The number of aromatic carboxylic acids is 1. The van der Waals surface area contributed by atoms with Gasteiger partial charge in [0.05, 0.1) is 6.20 Å². The number of hydrogen-bond acceptors (Lipinski definition) is 4. The van der Waals surface area contributed by atoms with Gasteiger partial charge in [0.1, 0.15) is 4.88 Å². The summed E-state index contributed by atoms with van der Waals surface area (Å²) in [6, 6.07) is 7.13. The molecule has 2 aromatic rings. The number of carboxylic acids is 1. The average Bonchev–Trinajstić information content (AvgIpc) is 2.66. The van der Waals surface area contributed by atoms with Crippen LogP contribution in [0.5, 0.6) is 0 Å². The van der Waals surface area contributed by atoms with Crippen LogP contribution in [0, 0.1) is 0 Å². The van der Waals surface area contributed by atoms with Gasteiger partial charge < -0.3 is 10.4 Å². The lowest BCUT2D eigenvalue weighted by molar-refractivity contribution is 0.0702. The molecule has 0 spiro atoms. The van der Waals surface area contributed by atoms with E-state index in [9.17, 15) is 4.79 Å². The quantitative estimate of drug-likeness (QED) is 0.883. The van der Waals surface area contributed by atoms with Crippen molar-refractivity contribution in [2.45, 2.75) is 0 Å². The zero-order valence-electron chi connectivity index (χ0n) is 7.98. The number of halogens is 1. The third kappa shape index (κ3) is 2.50. The van der Waals surface area contributed by atoms with Crippen LogP contribution < -0.4 is 5.32 Å². The second kappa shape index (κ2) is 4.51. The zero-order chi connectivity index (χ0) is 11.5. The average molecular weight is 255 g/mol. The van der Waals surface area contributed by atoms with Gasteiger partial charge in [-0.2, -0.15) is 0 Å². The number of aromatic nitrogens is 1. The van der Waals surface area contributed by atoms with Gasteiger partial charge in [-0.25, -0.2) is 9.78 Å². The highest BCUT2D eigenvalue weighted by molar-refractivity contribution is 7.17. The number of nitrogens with one attached hydrogen (secondary N) is 1. The summed E-state index contributed by atoms with van der Waals surface area (Å²) in [5, 5.41) is 12.8. The number of carboxylic acid groups (broad SMARTS) is 1. The first-order chi connectivity index (χ1) is 7.65. The van der Waals surface area contributed by atoms with Gasteiger partial charge >= 0.3 is 5.97 Å². The molecule has 0 atom stereocenters. The summed E-state index contributed by atoms with van der Waals surface area (Å²) in [7, 11) is 0. The molecule has 0 saturated carbocycles. The second-order valence-corrected chi connectivity index (χ2v) is 4.44. The predicted octanol–water partition coefficient (Wildman–Crippen LogP) is 3.24.